The van der Waals surface area contributed by atoms with Crippen molar-refractivity contribution in [2.45, 2.75) is 4.90 Å². The Hall–Kier alpha value is -2.08. The maximum atomic E-state index is 13.0. The van der Waals surface area contributed by atoms with Gasteiger partial charge in [-0.2, -0.15) is 0 Å². The second-order valence-electron chi connectivity index (χ2n) is 4.14. The van der Waals surface area contributed by atoms with E-state index < -0.39 is 11.6 Å². The van der Waals surface area contributed by atoms with E-state index in [1.807, 2.05) is 24.5 Å². The summed E-state index contributed by atoms with van der Waals surface area (Å²) in [5.74, 6) is -2.25. The molecule has 0 atom stereocenters. The molecule has 2 aromatic carbocycles. The minimum absolute atomic E-state index is 0.0990. The molecule has 1 amide bonds. The molecule has 0 aromatic heterocycles. The fourth-order valence-electron chi connectivity index (χ4n) is 1.61. The van der Waals surface area contributed by atoms with Crippen LogP contribution in [0.25, 0.3) is 0 Å². The smallest absolute Gasteiger partial charge is 0.262 e. The molecule has 2 rings (SSSR count). The molecule has 0 bridgehead atoms. The number of nitrogens with one attached hydrogen (secondary N) is 1. The van der Waals surface area contributed by atoms with Crippen LogP contribution in [0.4, 0.5) is 14.5 Å². The minimum Gasteiger partial charge on any atom is -0.484 e. The molecule has 0 radical (unpaired) electrons. The summed E-state index contributed by atoms with van der Waals surface area (Å²) < 4.78 is 30.8. The topological polar surface area (TPSA) is 38.3 Å². The number of anilines is 1. The van der Waals surface area contributed by atoms with E-state index in [4.69, 9.17) is 4.74 Å². The van der Waals surface area contributed by atoms with Crippen molar-refractivity contribution < 1.29 is 18.3 Å². The number of halogens is 2. The molecule has 0 unspecified atom stereocenters. The number of hydrogen-bond donors (Lipinski definition) is 1. The Morgan fingerprint density at radius 2 is 2.00 bits per heavy atom. The van der Waals surface area contributed by atoms with Gasteiger partial charge in [0.2, 0.25) is 0 Å². The van der Waals surface area contributed by atoms with E-state index in [0.717, 1.165) is 17.0 Å². The molecule has 1 N–H and O–H groups in total. The molecule has 3 nitrogen and oxygen atoms in total. The van der Waals surface area contributed by atoms with E-state index in [0.29, 0.717) is 5.69 Å². The van der Waals surface area contributed by atoms with Gasteiger partial charge in [0, 0.05) is 16.6 Å². The third kappa shape index (κ3) is 4.46. The van der Waals surface area contributed by atoms with Crippen molar-refractivity contribution in [2.75, 3.05) is 18.2 Å². The van der Waals surface area contributed by atoms with E-state index in [2.05, 4.69) is 5.32 Å². The van der Waals surface area contributed by atoms with Crippen LogP contribution in [0.5, 0.6) is 5.75 Å². The second-order valence-corrected chi connectivity index (χ2v) is 5.02. The van der Waals surface area contributed by atoms with Crippen LogP contribution in [-0.4, -0.2) is 18.8 Å². The average molecular weight is 309 g/mol. The lowest BCUT2D eigenvalue weighted by atomic mass is 10.3. The van der Waals surface area contributed by atoms with Gasteiger partial charge in [-0.1, -0.05) is 6.07 Å². The van der Waals surface area contributed by atoms with Crippen LogP contribution in [0.1, 0.15) is 0 Å². The standard InChI is InChI=1S/C15H13F2NO2S/c1-21-12-4-2-3-10(7-12)18-15(19)9-20-11-5-6-13(16)14(17)8-11/h2-8H,9H2,1H3,(H,18,19). The lowest BCUT2D eigenvalue weighted by molar-refractivity contribution is -0.118. The predicted octanol–water partition coefficient (Wildman–Crippen LogP) is 3.70. The maximum absolute atomic E-state index is 13.0. The van der Waals surface area contributed by atoms with Crippen molar-refractivity contribution in [3.05, 3.63) is 54.1 Å². The molecule has 0 heterocycles. The quantitative estimate of drug-likeness (QED) is 0.856. The highest BCUT2D eigenvalue weighted by atomic mass is 32.2. The number of amides is 1. The number of rotatable bonds is 5. The summed E-state index contributed by atoms with van der Waals surface area (Å²) in [7, 11) is 0. The Kier molecular flexibility index (Phi) is 5.16. The Labute approximate surface area is 125 Å². The number of benzene rings is 2. The summed E-state index contributed by atoms with van der Waals surface area (Å²) in [5, 5.41) is 2.67. The highest BCUT2D eigenvalue weighted by molar-refractivity contribution is 7.98. The van der Waals surface area contributed by atoms with Gasteiger partial charge in [-0.25, -0.2) is 8.78 Å². The zero-order valence-electron chi connectivity index (χ0n) is 11.2. The zero-order valence-corrected chi connectivity index (χ0v) is 12.0. The fraction of sp³-hybridized carbons (Fsp3) is 0.133. The molecule has 0 aliphatic rings. The molecule has 2 aromatic rings. The van der Waals surface area contributed by atoms with Crippen molar-refractivity contribution in [3.63, 3.8) is 0 Å². The Bertz CT molecular complexity index is 649. The monoisotopic (exact) mass is 309 g/mol. The van der Waals surface area contributed by atoms with Gasteiger partial charge < -0.3 is 10.1 Å². The molecule has 0 spiro atoms. The third-order valence-corrected chi connectivity index (χ3v) is 3.34. The molecule has 21 heavy (non-hydrogen) atoms. The van der Waals surface area contributed by atoms with Gasteiger partial charge in [-0.15, -0.1) is 11.8 Å². The van der Waals surface area contributed by atoms with Crippen LogP contribution >= 0.6 is 11.8 Å². The van der Waals surface area contributed by atoms with E-state index >= 15 is 0 Å². The summed E-state index contributed by atoms with van der Waals surface area (Å²) >= 11 is 1.56. The number of carbonyl (C=O) groups excluding carboxylic acids is 1. The number of thioether (sulfide) groups is 1. The lowest BCUT2D eigenvalue weighted by Crippen LogP contribution is -2.20. The summed E-state index contributed by atoms with van der Waals surface area (Å²) in [6.07, 6.45) is 1.94. The number of carbonyl (C=O) groups is 1. The summed E-state index contributed by atoms with van der Waals surface area (Å²) in [6.45, 7) is -0.283. The van der Waals surface area contributed by atoms with Crippen LogP contribution in [0.15, 0.2) is 47.4 Å². The van der Waals surface area contributed by atoms with Gasteiger partial charge in [-0.3, -0.25) is 4.79 Å². The molecular weight excluding hydrogens is 296 g/mol. The van der Waals surface area contributed by atoms with Crippen LogP contribution in [0.2, 0.25) is 0 Å². The van der Waals surface area contributed by atoms with Crippen molar-refractivity contribution in [3.8, 4) is 5.75 Å². The highest BCUT2D eigenvalue weighted by Gasteiger charge is 2.07. The van der Waals surface area contributed by atoms with Crippen molar-refractivity contribution in [2.24, 2.45) is 0 Å². The second kappa shape index (κ2) is 7.08. The summed E-state index contributed by atoms with van der Waals surface area (Å²) in [6, 6.07) is 10.5. The van der Waals surface area contributed by atoms with Crippen LogP contribution in [-0.2, 0) is 4.79 Å². The summed E-state index contributed by atoms with van der Waals surface area (Å²) in [4.78, 5) is 12.7. The number of ether oxygens (including phenoxy) is 1. The minimum atomic E-state index is -1.01. The van der Waals surface area contributed by atoms with Crippen molar-refractivity contribution >= 4 is 23.4 Å². The first kappa shape index (κ1) is 15.3. The lowest BCUT2D eigenvalue weighted by Gasteiger charge is -2.08. The Morgan fingerprint density at radius 3 is 2.71 bits per heavy atom. The molecule has 0 aliphatic carbocycles. The zero-order chi connectivity index (χ0) is 15.2. The maximum Gasteiger partial charge on any atom is 0.262 e. The third-order valence-electron chi connectivity index (χ3n) is 2.61. The van der Waals surface area contributed by atoms with Crippen molar-refractivity contribution in [1.82, 2.24) is 0 Å². The van der Waals surface area contributed by atoms with Gasteiger partial charge >= 0.3 is 0 Å². The van der Waals surface area contributed by atoms with Crippen molar-refractivity contribution in [1.29, 1.82) is 0 Å². The van der Waals surface area contributed by atoms with Gasteiger partial charge in [0.1, 0.15) is 5.75 Å². The molecule has 0 aliphatic heterocycles. The molecule has 0 saturated heterocycles. The van der Waals surface area contributed by atoms with Gasteiger partial charge in [0.15, 0.2) is 18.2 Å². The van der Waals surface area contributed by atoms with E-state index in [1.54, 1.807) is 17.8 Å². The van der Waals surface area contributed by atoms with Gasteiger partial charge in [-0.05, 0) is 36.6 Å². The predicted molar refractivity (Wildman–Crippen MR) is 78.7 cm³/mol. The van der Waals surface area contributed by atoms with Crippen LogP contribution in [0, 0.1) is 11.6 Å². The van der Waals surface area contributed by atoms with Gasteiger partial charge in [0.25, 0.3) is 5.91 Å². The summed E-state index contributed by atoms with van der Waals surface area (Å²) in [5.41, 5.74) is 0.653. The molecular formula is C15H13F2NO2S. The fourth-order valence-corrected chi connectivity index (χ4v) is 2.07. The first-order valence-corrected chi connectivity index (χ1v) is 7.32. The molecule has 0 fully saturated rings. The first-order valence-electron chi connectivity index (χ1n) is 6.10. The molecule has 0 saturated carbocycles. The SMILES string of the molecule is CSc1cccc(NC(=O)COc2ccc(F)c(F)c2)c1. The first-order chi connectivity index (χ1) is 10.1. The average Bonchev–Trinajstić information content (AvgIpc) is 2.48. The molecule has 110 valence electrons. The van der Waals surface area contributed by atoms with E-state index in [1.165, 1.54) is 6.07 Å². The number of hydrogen-bond acceptors (Lipinski definition) is 3. The van der Waals surface area contributed by atoms with Gasteiger partial charge in [0.05, 0.1) is 0 Å². The normalized spacial score (nSPS) is 10.2. The Morgan fingerprint density at radius 1 is 1.19 bits per heavy atom. The van der Waals surface area contributed by atoms with Crippen LogP contribution in [0.3, 0.4) is 0 Å². The largest absolute Gasteiger partial charge is 0.484 e. The highest BCUT2D eigenvalue weighted by Crippen LogP contribution is 2.19. The van der Waals surface area contributed by atoms with E-state index in [-0.39, 0.29) is 18.3 Å². The van der Waals surface area contributed by atoms with Crippen LogP contribution < -0.4 is 10.1 Å². The van der Waals surface area contributed by atoms with E-state index in [9.17, 15) is 13.6 Å². The molecule has 6 heteroatoms. The Balaban J connectivity index is 1.90.